The molecule has 0 fully saturated rings. The fourth-order valence-electron chi connectivity index (χ4n) is 3.17. The Bertz CT molecular complexity index is 1260. The molecule has 174 valence electrons. The van der Waals surface area contributed by atoms with Crippen molar-refractivity contribution in [2.75, 3.05) is 11.9 Å². The molecule has 3 rings (SSSR count). The van der Waals surface area contributed by atoms with E-state index in [0.717, 1.165) is 5.56 Å². The molecule has 0 heterocycles. The van der Waals surface area contributed by atoms with Crippen molar-refractivity contribution in [3.05, 3.63) is 92.7 Å². The number of carbonyl (C=O) groups excluding carboxylic acids is 1. The van der Waals surface area contributed by atoms with E-state index in [-0.39, 0.29) is 5.57 Å². The highest BCUT2D eigenvalue weighted by molar-refractivity contribution is 9.10. The minimum Gasteiger partial charge on any atom is -0.490 e. The largest absolute Gasteiger partial charge is 0.490 e. The molecule has 0 unspecified atom stereocenters. The standard InChI is InChI=1S/C27H24BrFN2O3/c1-4-33-25-14-20(12-21(15-30)27(32)31-23-9-7-22(29)8-10-23)13-24(28)26(25)34-16-19-6-5-17(2)18(3)11-19/h5-14H,4,16H2,1-3H3,(H,31,32)/b21-12+. The molecule has 0 radical (unpaired) electrons. The summed E-state index contributed by atoms with van der Waals surface area (Å²) in [5, 5.41) is 12.1. The first kappa shape index (κ1) is 25.0. The van der Waals surface area contributed by atoms with Gasteiger partial charge in [-0.3, -0.25) is 4.79 Å². The van der Waals surface area contributed by atoms with E-state index in [2.05, 4.69) is 47.2 Å². The van der Waals surface area contributed by atoms with Gasteiger partial charge in [-0.25, -0.2) is 4.39 Å². The number of aryl methyl sites for hydroxylation is 2. The average molecular weight is 523 g/mol. The second-order valence-electron chi connectivity index (χ2n) is 7.60. The van der Waals surface area contributed by atoms with E-state index in [1.807, 2.05) is 19.1 Å². The van der Waals surface area contributed by atoms with Gasteiger partial charge in [-0.15, -0.1) is 0 Å². The van der Waals surface area contributed by atoms with Gasteiger partial charge in [-0.2, -0.15) is 5.26 Å². The number of ether oxygens (including phenoxy) is 2. The normalized spacial score (nSPS) is 11.0. The summed E-state index contributed by atoms with van der Waals surface area (Å²) in [4.78, 5) is 12.5. The fourth-order valence-corrected chi connectivity index (χ4v) is 3.74. The first-order chi connectivity index (χ1) is 16.3. The lowest BCUT2D eigenvalue weighted by atomic mass is 10.1. The molecule has 34 heavy (non-hydrogen) atoms. The topological polar surface area (TPSA) is 71.3 Å². The van der Waals surface area contributed by atoms with E-state index in [0.29, 0.717) is 40.4 Å². The summed E-state index contributed by atoms with van der Waals surface area (Å²) in [6, 6.07) is 16.8. The number of hydrogen-bond donors (Lipinski definition) is 1. The Hall–Kier alpha value is -3.63. The van der Waals surface area contributed by atoms with Crippen LogP contribution in [0, 0.1) is 31.0 Å². The van der Waals surface area contributed by atoms with Crippen molar-refractivity contribution in [2.45, 2.75) is 27.4 Å². The van der Waals surface area contributed by atoms with Crippen LogP contribution in [0.25, 0.3) is 6.08 Å². The van der Waals surface area contributed by atoms with E-state index in [1.54, 1.807) is 12.1 Å². The van der Waals surface area contributed by atoms with Crippen LogP contribution in [0.1, 0.15) is 29.2 Å². The van der Waals surface area contributed by atoms with Crippen molar-refractivity contribution in [3.63, 3.8) is 0 Å². The monoisotopic (exact) mass is 522 g/mol. The van der Waals surface area contributed by atoms with Gasteiger partial charge in [0.2, 0.25) is 0 Å². The molecule has 3 aromatic rings. The molecule has 0 aliphatic rings. The predicted octanol–water partition coefficient (Wildman–Crippen LogP) is 6.73. The van der Waals surface area contributed by atoms with Crippen LogP contribution in [-0.2, 0) is 11.4 Å². The van der Waals surface area contributed by atoms with Gasteiger partial charge in [0.05, 0.1) is 11.1 Å². The van der Waals surface area contributed by atoms with Crippen molar-refractivity contribution in [2.24, 2.45) is 0 Å². The molecule has 0 aromatic heterocycles. The minimum absolute atomic E-state index is 0.109. The lowest BCUT2D eigenvalue weighted by Crippen LogP contribution is -2.13. The molecule has 0 saturated carbocycles. The van der Waals surface area contributed by atoms with Crippen LogP contribution in [-0.4, -0.2) is 12.5 Å². The molecule has 3 aromatic carbocycles. The molecule has 0 bridgehead atoms. The van der Waals surface area contributed by atoms with E-state index < -0.39 is 11.7 Å². The molecule has 5 nitrogen and oxygen atoms in total. The van der Waals surface area contributed by atoms with Gasteiger partial charge >= 0.3 is 0 Å². The smallest absolute Gasteiger partial charge is 0.266 e. The van der Waals surface area contributed by atoms with Gasteiger partial charge < -0.3 is 14.8 Å². The van der Waals surface area contributed by atoms with Gasteiger partial charge in [-0.05, 0) is 101 Å². The third-order valence-corrected chi connectivity index (χ3v) is 5.65. The predicted molar refractivity (Wildman–Crippen MR) is 134 cm³/mol. The Morgan fingerprint density at radius 2 is 1.82 bits per heavy atom. The Labute approximate surface area is 207 Å². The number of nitrogens with zero attached hydrogens (tertiary/aromatic N) is 1. The summed E-state index contributed by atoms with van der Waals surface area (Å²) in [6.07, 6.45) is 1.46. The van der Waals surface area contributed by atoms with Crippen LogP contribution < -0.4 is 14.8 Å². The Morgan fingerprint density at radius 3 is 2.47 bits per heavy atom. The number of rotatable bonds is 8. The SMILES string of the molecule is CCOc1cc(/C=C(\C#N)C(=O)Nc2ccc(F)cc2)cc(Br)c1OCc1ccc(C)c(C)c1. The maximum absolute atomic E-state index is 13.1. The van der Waals surface area contributed by atoms with E-state index in [9.17, 15) is 14.4 Å². The van der Waals surface area contributed by atoms with E-state index >= 15 is 0 Å². The molecular formula is C27H24BrFN2O3. The van der Waals surface area contributed by atoms with Crippen molar-refractivity contribution in [1.29, 1.82) is 5.26 Å². The maximum Gasteiger partial charge on any atom is 0.266 e. The third-order valence-electron chi connectivity index (χ3n) is 5.06. The number of nitriles is 1. The zero-order valence-corrected chi connectivity index (χ0v) is 20.7. The summed E-state index contributed by atoms with van der Waals surface area (Å²) >= 11 is 3.52. The van der Waals surface area contributed by atoms with Crippen LogP contribution >= 0.6 is 15.9 Å². The summed E-state index contributed by atoms with van der Waals surface area (Å²) < 4.78 is 25.5. The number of benzene rings is 3. The molecule has 0 spiro atoms. The molecule has 0 aliphatic carbocycles. The second kappa shape index (κ2) is 11.5. The second-order valence-corrected chi connectivity index (χ2v) is 8.46. The number of hydrogen-bond acceptors (Lipinski definition) is 4. The summed E-state index contributed by atoms with van der Waals surface area (Å²) in [5.41, 5.74) is 4.30. The van der Waals surface area contributed by atoms with E-state index in [4.69, 9.17) is 9.47 Å². The van der Waals surface area contributed by atoms with Crippen LogP contribution in [0.5, 0.6) is 11.5 Å². The van der Waals surface area contributed by atoms with Gasteiger partial charge in [0.1, 0.15) is 24.1 Å². The van der Waals surface area contributed by atoms with Crippen molar-refractivity contribution in [3.8, 4) is 17.6 Å². The quantitative estimate of drug-likeness (QED) is 0.263. The maximum atomic E-state index is 13.1. The molecule has 0 aliphatic heterocycles. The fraction of sp³-hybridized carbons (Fsp3) is 0.185. The number of halogens is 2. The average Bonchev–Trinajstić information content (AvgIpc) is 2.80. The number of nitrogens with one attached hydrogen (secondary N) is 1. The molecule has 1 amide bonds. The minimum atomic E-state index is -0.599. The third kappa shape index (κ3) is 6.46. The van der Waals surface area contributed by atoms with Gasteiger partial charge in [0.25, 0.3) is 5.91 Å². The first-order valence-electron chi connectivity index (χ1n) is 10.6. The highest BCUT2D eigenvalue weighted by Gasteiger charge is 2.15. The Morgan fingerprint density at radius 1 is 1.09 bits per heavy atom. The molecule has 1 N–H and O–H groups in total. The highest BCUT2D eigenvalue weighted by atomic mass is 79.9. The van der Waals surface area contributed by atoms with Gasteiger partial charge in [-0.1, -0.05) is 18.2 Å². The van der Waals surface area contributed by atoms with Gasteiger partial charge in [0.15, 0.2) is 11.5 Å². The Kier molecular flexibility index (Phi) is 8.44. The van der Waals surface area contributed by atoms with Crippen LogP contribution in [0.3, 0.4) is 0 Å². The van der Waals surface area contributed by atoms with E-state index in [1.165, 1.54) is 41.5 Å². The number of carbonyl (C=O) groups is 1. The van der Waals surface area contributed by atoms with Crippen LogP contribution in [0.2, 0.25) is 0 Å². The molecule has 0 atom stereocenters. The van der Waals surface area contributed by atoms with Crippen molar-refractivity contribution < 1.29 is 18.7 Å². The summed E-state index contributed by atoms with van der Waals surface area (Å²) in [7, 11) is 0. The Balaban J connectivity index is 1.84. The van der Waals surface area contributed by atoms with Gasteiger partial charge in [0, 0.05) is 5.69 Å². The number of amides is 1. The van der Waals surface area contributed by atoms with Crippen molar-refractivity contribution in [1.82, 2.24) is 0 Å². The van der Waals surface area contributed by atoms with Crippen LogP contribution in [0.15, 0.2) is 64.6 Å². The lowest BCUT2D eigenvalue weighted by molar-refractivity contribution is -0.112. The molecular weight excluding hydrogens is 499 g/mol. The highest BCUT2D eigenvalue weighted by Crippen LogP contribution is 2.38. The zero-order valence-electron chi connectivity index (χ0n) is 19.1. The summed E-state index contributed by atoms with van der Waals surface area (Å²) in [5.74, 6) is 0.00937. The van der Waals surface area contributed by atoms with Crippen LogP contribution in [0.4, 0.5) is 10.1 Å². The summed E-state index contributed by atoms with van der Waals surface area (Å²) in [6.45, 7) is 6.75. The number of anilines is 1. The first-order valence-corrected chi connectivity index (χ1v) is 11.4. The molecule has 7 heteroatoms. The zero-order chi connectivity index (χ0) is 24.7. The molecule has 0 saturated heterocycles. The lowest BCUT2D eigenvalue weighted by Gasteiger charge is -2.15. The van der Waals surface area contributed by atoms with Crippen molar-refractivity contribution >= 4 is 33.6 Å².